The van der Waals surface area contributed by atoms with E-state index in [1.165, 1.54) is 6.92 Å². The maximum absolute atomic E-state index is 11.7. The van der Waals surface area contributed by atoms with Crippen molar-refractivity contribution < 1.29 is 9.59 Å². The van der Waals surface area contributed by atoms with Gasteiger partial charge in [0.15, 0.2) is 0 Å². The van der Waals surface area contributed by atoms with Crippen molar-refractivity contribution in [3.63, 3.8) is 0 Å². The molecular weight excluding hydrogens is 206 g/mol. The number of carbonyl (C=O) groups excluding carboxylic acids is 2. The Labute approximate surface area is 94.8 Å². The molecule has 1 aromatic rings. The third-order valence-electron chi connectivity index (χ3n) is 1.98. The Kier molecular flexibility index (Phi) is 3.71. The number of nitrogens with one attached hydrogen (secondary N) is 2. The van der Waals surface area contributed by atoms with Gasteiger partial charge in [-0.2, -0.15) is 0 Å². The normalized spacial score (nSPS) is 10.3. The third-order valence-corrected chi connectivity index (χ3v) is 1.98. The summed E-state index contributed by atoms with van der Waals surface area (Å²) in [7, 11) is 1.76. The monoisotopic (exact) mass is 223 g/mol. The summed E-state index contributed by atoms with van der Waals surface area (Å²) in [5.41, 5.74) is 1.15. The molecule has 0 saturated carbocycles. The van der Waals surface area contributed by atoms with Crippen molar-refractivity contribution in [2.45, 2.75) is 26.8 Å². The van der Waals surface area contributed by atoms with Gasteiger partial charge in [-0.1, -0.05) is 0 Å². The van der Waals surface area contributed by atoms with Crippen LogP contribution in [0.4, 0.5) is 5.69 Å². The predicted molar refractivity (Wildman–Crippen MR) is 62.3 cm³/mol. The van der Waals surface area contributed by atoms with E-state index in [1.54, 1.807) is 23.9 Å². The Morgan fingerprint density at radius 2 is 2.00 bits per heavy atom. The van der Waals surface area contributed by atoms with Gasteiger partial charge in [0.05, 0.1) is 5.69 Å². The number of rotatable bonds is 3. The summed E-state index contributed by atoms with van der Waals surface area (Å²) in [5.74, 6) is -0.296. The minimum atomic E-state index is -0.151. The van der Waals surface area contributed by atoms with Gasteiger partial charge in [-0.05, 0) is 19.9 Å². The number of hydrogen-bond donors (Lipinski definition) is 2. The number of aryl methyl sites for hydroxylation is 1. The predicted octanol–water partition coefficient (Wildman–Crippen LogP) is 1.12. The number of carbonyl (C=O) groups is 2. The maximum Gasteiger partial charge on any atom is 0.268 e. The molecule has 5 nitrogen and oxygen atoms in total. The van der Waals surface area contributed by atoms with Gasteiger partial charge in [0.1, 0.15) is 5.69 Å². The van der Waals surface area contributed by atoms with Crippen molar-refractivity contribution in [1.82, 2.24) is 9.88 Å². The first-order valence-electron chi connectivity index (χ1n) is 5.15. The Hall–Kier alpha value is -1.78. The topological polar surface area (TPSA) is 63.1 Å². The highest BCUT2D eigenvalue weighted by Crippen LogP contribution is 2.12. The molecule has 1 aromatic heterocycles. The summed E-state index contributed by atoms with van der Waals surface area (Å²) < 4.78 is 1.68. The fraction of sp³-hybridized carbons (Fsp3) is 0.455. The highest BCUT2D eigenvalue weighted by molar-refractivity contribution is 5.96. The average molecular weight is 223 g/mol. The van der Waals surface area contributed by atoms with Crippen molar-refractivity contribution in [1.29, 1.82) is 0 Å². The van der Waals surface area contributed by atoms with Crippen molar-refractivity contribution in [3.05, 3.63) is 18.0 Å². The Morgan fingerprint density at radius 1 is 1.38 bits per heavy atom. The van der Waals surface area contributed by atoms with Gasteiger partial charge in [0, 0.05) is 26.2 Å². The van der Waals surface area contributed by atoms with Crippen LogP contribution < -0.4 is 10.6 Å². The molecule has 1 rings (SSSR count). The van der Waals surface area contributed by atoms with Gasteiger partial charge in [-0.3, -0.25) is 9.59 Å². The quantitative estimate of drug-likeness (QED) is 0.806. The van der Waals surface area contributed by atoms with E-state index in [0.29, 0.717) is 11.4 Å². The molecule has 0 aliphatic rings. The lowest BCUT2D eigenvalue weighted by atomic mass is 10.3. The molecule has 2 amide bonds. The second kappa shape index (κ2) is 4.83. The van der Waals surface area contributed by atoms with Crippen LogP contribution in [-0.2, 0) is 11.8 Å². The molecule has 2 N–H and O–H groups in total. The van der Waals surface area contributed by atoms with Gasteiger partial charge >= 0.3 is 0 Å². The number of hydrogen-bond acceptors (Lipinski definition) is 2. The van der Waals surface area contributed by atoms with Crippen molar-refractivity contribution >= 4 is 17.5 Å². The minimum Gasteiger partial charge on any atom is -0.349 e. The summed E-state index contributed by atoms with van der Waals surface area (Å²) in [6, 6.07) is 1.74. The molecule has 0 aliphatic heterocycles. The molecule has 0 atom stereocenters. The highest BCUT2D eigenvalue weighted by Gasteiger charge is 2.12. The molecule has 0 fully saturated rings. The van der Waals surface area contributed by atoms with Gasteiger partial charge in [0.2, 0.25) is 5.91 Å². The van der Waals surface area contributed by atoms with E-state index in [4.69, 9.17) is 0 Å². The zero-order valence-electron chi connectivity index (χ0n) is 10.00. The smallest absolute Gasteiger partial charge is 0.268 e. The Bertz CT molecular complexity index is 407. The third kappa shape index (κ3) is 3.12. The van der Waals surface area contributed by atoms with Crippen molar-refractivity contribution in [2.24, 2.45) is 7.05 Å². The summed E-state index contributed by atoms with van der Waals surface area (Å²) in [6.45, 7) is 5.23. The van der Waals surface area contributed by atoms with Crippen molar-refractivity contribution in [3.8, 4) is 0 Å². The van der Waals surface area contributed by atoms with E-state index in [1.807, 2.05) is 13.8 Å². The van der Waals surface area contributed by atoms with Crippen LogP contribution in [0.25, 0.3) is 0 Å². The SMILES string of the molecule is CC(=O)Nc1cc(C(=O)NC(C)C)n(C)c1. The Balaban J connectivity index is 2.84. The van der Waals surface area contributed by atoms with Gasteiger partial charge < -0.3 is 15.2 Å². The van der Waals surface area contributed by atoms with E-state index >= 15 is 0 Å². The molecule has 0 aliphatic carbocycles. The van der Waals surface area contributed by atoms with E-state index in [9.17, 15) is 9.59 Å². The van der Waals surface area contributed by atoms with Crippen LogP contribution in [0.2, 0.25) is 0 Å². The summed E-state index contributed by atoms with van der Waals surface area (Å²) >= 11 is 0. The van der Waals surface area contributed by atoms with Gasteiger partial charge in [-0.25, -0.2) is 0 Å². The zero-order chi connectivity index (χ0) is 12.3. The molecule has 0 aromatic carbocycles. The molecule has 0 unspecified atom stereocenters. The first-order valence-corrected chi connectivity index (χ1v) is 5.15. The summed E-state index contributed by atoms with van der Waals surface area (Å²) in [6.07, 6.45) is 1.70. The lowest BCUT2D eigenvalue weighted by Crippen LogP contribution is -2.31. The van der Waals surface area contributed by atoms with Crippen molar-refractivity contribution in [2.75, 3.05) is 5.32 Å². The van der Waals surface area contributed by atoms with Crippen LogP contribution in [0.15, 0.2) is 12.3 Å². The van der Waals surface area contributed by atoms with Crippen LogP contribution in [0.3, 0.4) is 0 Å². The minimum absolute atomic E-state index is 0.0895. The zero-order valence-corrected chi connectivity index (χ0v) is 10.00. The number of aromatic nitrogens is 1. The lowest BCUT2D eigenvalue weighted by molar-refractivity contribution is -0.114. The average Bonchev–Trinajstić information content (AvgIpc) is 2.44. The van der Waals surface area contributed by atoms with Crippen LogP contribution in [0.1, 0.15) is 31.3 Å². The number of amides is 2. The van der Waals surface area contributed by atoms with E-state index in [-0.39, 0.29) is 17.9 Å². The van der Waals surface area contributed by atoms with E-state index in [0.717, 1.165) is 0 Å². The number of anilines is 1. The summed E-state index contributed by atoms with van der Waals surface area (Å²) in [4.78, 5) is 22.6. The fourth-order valence-electron chi connectivity index (χ4n) is 1.40. The van der Waals surface area contributed by atoms with E-state index in [2.05, 4.69) is 10.6 Å². The molecule has 5 heteroatoms. The van der Waals surface area contributed by atoms with E-state index < -0.39 is 0 Å². The molecule has 0 saturated heterocycles. The maximum atomic E-state index is 11.7. The standard InChI is InChI=1S/C11H17N3O2/c1-7(2)12-11(16)10-5-9(6-14(10)4)13-8(3)15/h5-7H,1-4H3,(H,12,16)(H,13,15). The largest absolute Gasteiger partial charge is 0.349 e. The molecule has 1 heterocycles. The second-order valence-electron chi connectivity index (χ2n) is 4.03. The van der Waals surface area contributed by atoms with Crippen LogP contribution in [0, 0.1) is 0 Å². The summed E-state index contributed by atoms with van der Waals surface area (Å²) in [5, 5.41) is 5.43. The first-order chi connectivity index (χ1) is 7.40. The molecule has 0 radical (unpaired) electrons. The highest BCUT2D eigenvalue weighted by atomic mass is 16.2. The van der Waals surface area contributed by atoms with Gasteiger partial charge in [-0.15, -0.1) is 0 Å². The van der Waals surface area contributed by atoms with Gasteiger partial charge in [0.25, 0.3) is 5.91 Å². The van der Waals surface area contributed by atoms with Crippen LogP contribution >= 0.6 is 0 Å². The van der Waals surface area contributed by atoms with Crippen LogP contribution in [0.5, 0.6) is 0 Å². The molecule has 88 valence electrons. The molecule has 16 heavy (non-hydrogen) atoms. The second-order valence-corrected chi connectivity index (χ2v) is 4.03. The first kappa shape index (κ1) is 12.3. The molecular formula is C11H17N3O2. The Morgan fingerprint density at radius 3 is 2.50 bits per heavy atom. The lowest BCUT2D eigenvalue weighted by Gasteiger charge is -2.08. The molecule has 0 bridgehead atoms. The number of nitrogens with zero attached hydrogens (tertiary/aromatic N) is 1. The molecule has 0 spiro atoms. The van der Waals surface area contributed by atoms with Crippen LogP contribution in [-0.4, -0.2) is 22.4 Å². The fourth-order valence-corrected chi connectivity index (χ4v) is 1.40.